The lowest BCUT2D eigenvalue weighted by molar-refractivity contribution is -0.127. The van der Waals surface area contributed by atoms with Gasteiger partial charge < -0.3 is 5.11 Å². The van der Waals surface area contributed by atoms with Crippen LogP contribution in [0.1, 0.15) is 16.2 Å². The molecule has 0 saturated carbocycles. The van der Waals surface area contributed by atoms with Crippen molar-refractivity contribution in [2.45, 2.75) is 12.6 Å². The molecule has 1 N–H and O–H groups in total. The first-order valence-corrected chi connectivity index (χ1v) is 4.11. The van der Waals surface area contributed by atoms with Crippen LogP contribution in [0.25, 0.3) is 0 Å². The van der Waals surface area contributed by atoms with Crippen molar-refractivity contribution < 1.29 is 23.1 Å². The number of aromatic nitrogens is 2. The van der Waals surface area contributed by atoms with E-state index in [9.17, 15) is 18.0 Å². The number of aromatic carboxylic acids is 1. The molecule has 0 unspecified atom stereocenters. The second-order valence-electron chi connectivity index (χ2n) is 2.83. The Bertz CT molecular complexity index is 400. The largest absolute Gasteiger partial charge is 0.476 e. The topological polar surface area (TPSA) is 55.1 Å². The summed E-state index contributed by atoms with van der Waals surface area (Å²) in [4.78, 5) is 10.6. The molecule has 0 aliphatic carbocycles. The molecule has 0 saturated heterocycles. The van der Waals surface area contributed by atoms with Gasteiger partial charge in [-0.3, -0.25) is 4.68 Å². The van der Waals surface area contributed by atoms with Crippen molar-refractivity contribution in [3.05, 3.63) is 16.4 Å². The first kappa shape index (κ1) is 11.8. The molecular formula is C7H6ClF3N2O2. The lowest BCUT2D eigenvalue weighted by Crippen LogP contribution is -2.12. The van der Waals surface area contributed by atoms with Gasteiger partial charge >= 0.3 is 12.1 Å². The highest BCUT2D eigenvalue weighted by atomic mass is 35.5. The van der Waals surface area contributed by atoms with Gasteiger partial charge in [0, 0.05) is 7.05 Å². The van der Waals surface area contributed by atoms with E-state index in [1.807, 2.05) is 0 Å². The fraction of sp³-hybridized carbons (Fsp3) is 0.429. The van der Waals surface area contributed by atoms with Crippen molar-refractivity contribution in [2.24, 2.45) is 7.05 Å². The SMILES string of the molecule is Cn1nc(CC(F)(F)F)c(Cl)c1C(=O)O. The Morgan fingerprint density at radius 1 is 1.60 bits per heavy atom. The summed E-state index contributed by atoms with van der Waals surface area (Å²) < 4.78 is 36.8. The van der Waals surface area contributed by atoms with Gasteiger partial charge in [0.15, 0.2) is 5.69 Å². The Morgan fingerprint density at radius 2 is 2.13 bits per heavy atom. The average molecular weight is 243 g/mol. The summed E-state index contributed by atoms with van der Waals surface area (Å²) in [5, 5.41) is 11.6. The summed E-state index contributed by atoms with van der Waals surface area (Å²) >= 11 is 5.47. The molecule has 1 heterocycles. The highest BCUT2D eigenvalue weighted by Gasteiger charge is 2.32. The third kappa shape index (κ3) is 2.62. The van der Waals surface area contributed by atoms with Crippen LogP contribution < -0.4 is 0 Å². The van der Waals surface area contributed by atoms with E-state index in [4.69, 9.17) is 16.7 Å². The fourth-order valence-corrected chi connectivity index (χ4v) is 1.40. The first-order valence-electron chi connectivity index (χ1n) is 3.74. The Kier molecular flexibility index (Phi) is 2.94. The van der Waals surface area contributed by atoms with Crippen molar-refractivity contribution in [1.82, 2.24) is 9.78 Å². The molecule has 0 spiro atoms. The molecule has 1 rings (SSSR count). The standard InChI is InChI=1S/C7H6ClF3N2O2/c1-13-5(6(14)15)4(8)3(12-13)2-7(9,10)11/h2H2,1H3,(H,14,15). The molecule has 0 radical (unpaired) electrons. The summed E-state index contributed by atoms with van der Waals surface area (Å²) in [6.45, 7) is 0. The van der Waals surface area contributed by atoms with Gasteiger partial charge in [-0.1, -0.05) is 11.6 Å². The van der Waals surface area contributed by atoms with E-state index in [1.54, 1.807) is 0 Å². The molecular weight excluding hydrogens is 237 g/mol. The predicted molar refractivity (Wildman–Crippen MR) is 44.9 cm³/mol. The number of hydrogen-bond donors (Lipinski definition) is 1. The van der Waals surface area contributed by atoms with Crippen LogP contribution in [-0.2, 0) is 13.5 Å². The molecule has 84 valence electrons. The first-order chi connectivity index (χ1) is 6.72. The third-order valence-electron chi connectivity index (χ3n) is 1.63. The van der Waals surface area contributed by atoms with E-state index in [2.05, 4.69) is 5.10 Å². The highest BCUT2D eigenvalue weighted by Crippen LogP contribution is 2.27. The average Bonchev–Trinajstić information content (AvgIpc) is 2.23. The van der Waals surface area contributed by atoms with Crippen molar-refractivity contribution in [3.8, 4) is 0 Å². The maximum absolute atomic E-state index is 12.0. The molecule has 0 aliphatic heterocycles. The van der Waals surface area contributed by atoms with E-state index >= 15 is 0 Å². The molecule has 8 heteroatoms. The minimum atomic E-state index is -4.46. The van der Waals surface area contributed by atoms with Crippen LogP contribution in [-0.4, -0.2) is 27.0 Å². The van der Waals surface area contributed by atoms with Crippen molar-refractivity contribution >= 4 is 17.6 Å². The molecule has 0 atom stereocenters. The zero-order valence-corrected chi connectivity index (χ0v) is 8.22. The number of carboxylic acid groups (broad SMARTS) is 1. The summed E-state index contributed by atoms with van der Waals surface area (Å²) in [7, 11) is 1.22. The number of alkyl halides is 3. The molecule has 15 heavy (non-hydrogen) atoms. The maximum atomic E-state index is 12.0. The third-order valence-corrected chi connectivity index (χ3v) is 2.02. The predicted octanol–water partition coefficient (Wildman–Crippen LogP) is 1.88. The minimum Gasteiger partial charge on any atom is -0.476 e. The Hall–Kier alpha value is -1.24. The number of aryl methyl sites for hydroxylation is 1. The second-order valence-corrected chi connectivity index (χ2v) is 3.21. The van der Waals surface area contributed by atoms with Crippen molar-refractivity contribution in [1.29, 1.82) is 0 Å². The number of halogens is 4. The van der Waals surface area contributed by atoms with Gasteiger partial charge in [-0.25, -0.2) is 4.79 Å². The zero-order chi connectivity index (χ0) is 11.8. The number of carbonyl (C=O) groups is 1. The molecule has 0 aliphatic rings. The van der Waals surface area contributed by atoms with Gasteiger partial charge in [-0.15, -0.1) is 0 Å². The van der Waals surface area contributed by atoms with Crippen LogP contribution in [0.4, 0.5) is 13.2 Å². The van der Waals surface area contributed by atoms with E-state index < -0.39 is 35.0 Å². The van der Waals surface area contributed by atoms with Gasteiger partial charge in [-0.2, -0.15) is 18.3 Å². The smallest absolute Gasteiger partial charge is 0.394 e. The number of carboxylic acids is 1. The van der Waals surface area contributed by atoms with E-state index in [-0.39, 0.29) is 0 Å². The molecule has 0 fully saturated rings. The Labute approximate surface area is 87.3 Å². The van der Waals surface area contributed by atoms with Gasteiger partial charge in [0.1, 0.15) is 0 Å². The van der Waals surface area contributed by atoms with Gasteiger partial charge in [0.05, 0.1) is 17.1 Å². The van der Waals surface area contributed by atoms with Crippen LogP contribution in [0.2, 0.25) is 5.02 Å². The molecule has 0 amide bonds. The highest BCUT2D eigenvalue weighted by molar-refractivity contribution is 6.33. The molecule has 0 aromatic carbocycles. The molecule has 1 aromatic heterocycles. The fourth-order valence-electron chi connectivity index (χ4n) is 1.09. The van der Waals surface area contributed by atoms with Gasteiger partial charge in [0.2, 0.25) is 0 Å². The van der Waals surface area contributed by atoms with Crippen molar-refractivity contribution in [2.75, 3.05) is 0 Å². The van der Waals surface area contributed by atoms with Crippen LogP contribution in [0, 0.1) is 0 Å². The quantitative estimate of drug-likeness (QED) is 0.861. The summed E-state index contributed by atoms with van der Waals surface area (Å²) in [6.07, 6.45) is -5.80. The normalized spacial score (nSPS) is 11.8. The lowest BCUT2D eigenvalue weighted by atomic mass is 10.3. The second kappa shape index (κ2) is 3.73. The zero-order valence-electron chi connectivity index (χ0n) is 7.47. The van der Waals surface area contributed by atoms with Crippen LogP contribution in [0.15, 0.2) is 0 Å². The molecule has 0 bridgehead atoms. The van der Waals surface area contributed by atoms with E-state index in [1.165, 1.54) is 7.05 Å². The molecule has 4 nitrogen and oxygen atoms in total. The molecule has 1 aromatic rings. The number of hydrogen-bond acceptors (Lipinski definition) is 2. The summed E-state index contributed by atoms with van der Waals surface area (Å²) in [6, 6.07) is 0. The van der Waals surface area contributed by atoms with Crippen LogP contribution in [0.5, 0.6) is 0 Å². The number of nitrogens with zero attached hydrogens (tertiary/aromatic N) is 2. The van der Waals surface area contributed by atoms with E-state index in [0.717, 1.165) is 4.68 Å². The van der Waals surface area contributed by atoms with Crippen LogP contribution in [0.3, 0.4) is 0 Å². The summed E-state index contributed by atoms with van der Waals surface area (Å²) in [5.41, 5.74) is -0.931. The van der Waals surface area contributed by atoms with Crippen molar-refractivity contribution in [3.63, 3.8) is 0 Å². The minimum absolute atomic E-state index is 0.448. The summed E-state index contributed by atoms with van der Waals surface area (Å²) in [5.74, 6) is -1.41. The Morgan fingerprint density at radius 3 is 2.47 bits per heavy atom. The maximum Gasteiger partial charge on any atom is 0.394 e. The van der Waals surface area contributed by atoms with E-state index in [0.29, 0.717) is 0 Å². The monoisotopic (exact) mass is 242 g/mol. The van der Waals surface area contributed by atoms with Crippen LogP contribution >= 0.6 is 11.6 Å². The Balaban J connectivity index is 3.13. The lowest BCUT2D eigenvalue weighted by Gasteiger charge is -2.02. The van der Waals surface area contributed by atoms with Gasteiger partial charge in [-0.05, 0) is 0 Å². The van der Waals surface area contributed by atoms with Gasteiger partial charge in [0.25, 0.3) is 0 Å². The number of rotatable bonds is 2.